The van der Waals surface area contributed by atoms with Gasteiger partial charge in [0.05, 0.1) is 0 Å². The summed E-state index contributed by atoms with van der Waals surface area (Å²) in [5, 5.41) is 17.3. The number of rotatable bonds is 2. The number of carbonyl (C=O) groups excluding carboxylic acids is 2. The third-order valence-electron chi connectivity index (χ3n) is 1.49. The SMILES string of the molecule is N=NC(=N)N.N=NC(=N)N.O=Cc1ccccc1C=O. The molecule has 10 heteroatoms. The third kappa shape index (κ3) is 11.2. The van der Waals surface area contributed by atoms with Crippen molar-refractivity contribution < 1.29 is 9.59 Å². The standard InChI is InChI=1S/C8H6O2.2CH4N4/c9-5-7-3-1-2-4-8(7)6-10;2*2-1(3)5-4/h1-6H;2*4H,(H3,2,3). The Morgan fingerprint density at radius 3 is 1.30 bits per heavy atom. The van der Waals surface area contributed by atoms with Crippen LogP contribution in [0.2, 0.25) is 0 Å². The van der Waals surface area contributed by atoms with Gasteiger partial charge in [-0.1, -0.05) is 24.3 Å². The minimum absolute atomic E-state index is 0.442. The van der Waals surface area contributed by atoms with Gasteiger partial charge in [0.25, 0.3) is 0 Å². The van der Waals surface area contributed by atoms with Crippen molar-refractivity contribution in [1.82, 2.24) is 0 Å². The highest BCUT2D eigenvalue weighted by atomic mass is 16.1. The van der Waals surface area contributed by atoms with Crippen molar-refractivity contribution in [2.24, 2.45) is 21.7 Å². The van der Waals surface area contributed by atoms with Gasteiger partial charge in [0.15, 0.2) is 12.6 Å². The molecule has 0 atom stereocenters. The first kappa shape index (κ1) is 19.0. The van der Waals surface area contributed by atoms with Crippen LogP contribution in [-0.4, -0.2) is 24.5 Å². The molecule has 1 aromatic rings. The summed E-state index contributed by atoms with van der Waals surface area (Å²) >= 11 is 0. The molecule has 0 aliphatic heterocycles. The molecule has 0 radical (unpaired) electrons. The average molecular weight is 278 g/mol. The molecule has 0 heterocycles. The van der Waals surface area contributed by atoms with Crippen molar-refractivity contribution in [3.8, 4) is 0 Å². The number of aldehydes is 2. The van der Waals surface area contributed by atoms with Gasteiger partial charge >= 0.3 is 0 Å². The van der Waals surface area contributed by atoms with Gasteiger partial charge in [0.1, 0.15) is 0 Å². The molecule has 1 rings (SSSR count). The predicted molar refractivity (Wildman–Crippen MR) is 71.3 cm³/mol. The molecule has 0 aliphatic carbocycles. The average Bonchev–Trinajstić information content (AvgIpc) is 2.48. The number of nitrogens with one attached hydrogen (secondary N) is 4. The van der Waals surface area contributed by atoms with E-state index in [0.29, 0.717) is 23.7 Å². The van der Waals surface area contributed by atoms with Crippen molar-refractivity contribution in [1.29, 1.82) is 21.9 Å². The second-order valence-electron chi connectivity index (χ2n) is 2.86. The van der Waals surface area contributed by atoms with Gasteiger partial charge in [-0.3, -0.25) is 20.4 Å². The molecule has 0 bridgehead atoms. The predicted octanol–water partition coefficient (Wildman–Crippen LogP) is 1.13. The van der Waals surface area contributed by atoms with Gasteiger partial charge < -0.3 is 11.5 Å². The Labute approximate surface area is 114 Å². The molecule has 106 valence electrons. The van der Waals surface area contributed by atoms with Crippen LogP contribution in [0.15, 0.2) is 34.5 Å². The highest BCUT2D eigenvalue weighted by molar-refractivity contribution is 5.90. The van der Waals surface area contributed by atoms with Crippen LogP contribution in [0.1, 0.15) is 20.7 Å². The summed E-state index contributed by atoms with van der Waals surface area (Å²) in [5.41, 5.74) is 21.8. The second kappa shape index (κ2) is 12.2. The molecular weight excluding hydrogens is 264 g/mol. The van der Waals surface area contributed by atoms with Crippen molar-refractivity contribution in [2.45, 2.75) is 0 Å². The Balaban J connectivity index is 0. The van der Waals surface area contributed by atoms with Gasteiger partial charge in [-0.05, 0) is 0 Å². The summed E-state index contributed by atoms with van der Waals surface area (Å²) < 4.78 is 0. The van der Waals surface area contributed by atoms with Crippen LogP contribution in [0.5, 0.6) is 0 Å². The highest BCUT2D eigenvalue weighted by Gasteiger charge is 1.95. The lowest BCUT2D eigenvalue weighted by Crippen LogP contribution is -2.02. The van der Waals surface area contributed by atoms with Crippen LogP contribution >= 0.6 is 0 Å². The summed E-state index contributed by atoms with van der Waals surface area (Å²) in [6, 6.07) is 6.65. The number of hydrogen-bond donors (Lipinski definition) is 6. The van der Waals surface area contributed by atoms with E-state index in [9.17, 15) is 9.59 Å². The first-order valence-electron chi connectivity index (χ1n) is 4.85. The van der Waals surface area contributed by atoms with E-state index in [-0.39, 0.29) is 0 Å². The number of hydrogen-bond acceptors (Lipinski definition) is 6. The lowest BCUT2D eigenvalue weighted by molar-refractivity contribution is 0.109. The van der Waals surface area contributed by atoms with Crippen molar-refractivity contribution in [3.05, 3.63) is 35.4 Å². The van der Waals surface area contributed by atoms with E-state index < -0.39 is 11.9 Å². The van der Waals surface area contributed by atoms with Gasteiger partial charge in [-0.25, -0.2) is 11.1 Å². The highest BCUT2D eigenvalue weighted by Crippen LogP contribution is 2.01. The Morgan fingerprint density at radius 1 is 0.900 bits per heavy atom. The van der Waals surface area contributed by atoms with Gasteiger partial charge in [-0.2, -0.15) is 0 Å². The van der Waals surface area contributed by atoms with Gasteiger partial charge in [0, 0.05) is 11.1 Å². The first-order chi connectivity index (χ1) is 9.42. The van der Waals surface area contributed by atoms with E-state index in [1.54, 1.807) is 24.3 Å². The van der Waals surface area contributed by atoms with E-state index in [4.69, 9.17) is 21.9 Å². The first-order valence-corrected chi connectivity index (χ1v) is 4.85. The Morgan fingerprint density at radius 2 is 1.15 bits per heavy atom. The Kier molecular flexibility index (Phi) is 11.6. The Bertz CT molecular complexity index is 455. The number of nitrogens with zero attached hydrogens (tertiary/aromatic N) is 2. The molecule has 0 aromatic heterocycles. The number of carbonyl (C=O) groups is 2. The lowest BCUT2D eigenvalue weighted by Gasteiger charge is -1.91. The molecule has 0 amide bonds. The molecule has 1 aromatic carbocycles. The van der Waals surface area contributed by atoms with Crippen molar-refractivity contribution in [3.63, 3.8) is 0 Å². The number of benzene rings is 1. The summed E-state index contributed by atoms with van der Waals surface area (Å²) in [7, 11) is 0. The molecule has 0 saturated carbocycles. The van der Waals surface area contributed by atoms with E-state index in [2.05, 4.69) is 21.7 Å². The van der Waals surface area contributed by atoms with E-state index in [0.717, 1.165) is 0 Å². The van der Waals surface area contributed by atoms with E-state index in [1.165, 1.54) is 0 Å². The van der Waals surface area contributed by atoms with Crippen LogP contribution in [0, 0.1) is 21.9 Å². The molecule has 8 N–H and O–H groups in total. The van der Waals surface area contributed by atoms with Gasteiger partial charge in [-0.15, -0.1) is 10.2 Å². The maximum Gasteiger partial charge on any atom is 0.231 e. The summed E-state index contributed by atoms with van der Waals surface area (Å²) in [6.07, 6.45) is 1.34. The zero-order valence-electron chi connectivity index (χ0n) is 10.3. The molecule has 20 heavy (non-hydrogen) atoms. The topological polar surface area (TPSA) is 206 Å². The van der Waals surface area contributed by atoms with E-state index in [1.807, 2.05) is 0 Å². The van der Waals surface area contributed by atoms with Crippen LogP contribution in [-0.2, 0) is 0 Å². The monoisotopic (exact) mass is 278 g/mol. The quantitative estimate of drug-likeness (QED) is 0.203. The zero-order chi connectivity index (χ0) is 16.0. The minimum atomic E-state index is -0.454. The molecular formula is C10H14N8O2. The Hall–Kier alpha value is -3.30. The van der Waals surface area contributed by atoms with Crippen LogP contribution in [0.3, 0.4) is 0 Å². The third-order valence-corrected chi connectivity index (χ3v) is 1.49. The summed E-state index contributed by atoms with van der Waals surface area (Å²) in [4.78, 5) is 20.5. The minimum Gasteiger partial charge on any atom is -0.367 e. The maximum absolute atomic E-state index is 10.2. The molecule has 0 saturated heterocycles. The van der Waals surface area contributed by atoms with Crippen LogP contribution in [0.25, 0.3) is 0 Å². The second-order valence-corrected chi connectivity index (χ2v) is 2.86. The summed E-state index contributed by atoms with van der Waals surface area (Å²) in [5.74, 6) is -0.907. The smallest absolute Gasteiger partial charge is 0.231 e. The fraction of sp³-hybridized carbons (Fsp3) is 0. The lowest BCUT2D eigenvalue weighted by atomic mass is 10.1. The number of guanidine groups is 2. The van der Waals surface area contributed by atoms with Crippen molar-refractivity contribution >= 4 is 24.5 Å². The molecule has 0 spiro atoms. The largest absolute Gasteiger partial charge is 0.367 e. The van der Waals surface area contributed by atoms with Gasteiger partial charge in [0.2, 0.25) is 11.9 Å². The molecule has 0 aliphatic rings. The normalized spacial score (nSPS) is 7.60. The van der Waals surface area contributed by atoms with Crippen LogP contribution < -0.4 is 11.5 Å². The van der Waals surface area contributed by atoms with Crippen LogP contribution in [0.4, 0.5) is 0 Å². The number of nitrogens with two attached hydrogens (primary N) is 2. The molecule has 0 unspecified atom stereocenters. The molecule has 10 nitrogen and oxygen atoms in total. The molecule has 0 fully saturated rings. The fourth-order valence-corrected chi connectivity index (χ4v) is 0.726. The summed E-state index contributed by atoms with van der Waals surface area (Å²) in [6.45, 7) is 0. The maximum atomic E-state index is 10.2. The zero-order valence-corrected chi connectivity index (χ0v) is 10.3. The van der Waals surface area contributed by atoms with Crippen molar-refractivity contribution in [2.75, 3.05) is 0 Å². The fourth-order valence-electron chi connectivity index (χ4n) is 0.726. The van der Waals surface area contributed by atoms with E-state index >= 15 is 0 Å².